The van der Waals surface area contributed by atoms with Gasteiger partial charge in [-0.25, -0.2) is 0 Å². The number of hydrogen-bond donors (Lipinski definition) is 1. The van der Waals surface area contributed by atoms with E-state index in [1.54, 1.807) is 7.11 Å². The van der Waals surface area contributed by atoms with E-state index in [4.69, 9.17) is 4.74 Å². The van der Waals surface area contributed by atoms with E-state index in [1.807, 2.05) is 0 Å². The van der Waals surface area contributed by atoms with Crippen LogP contribution in [0.15, 0.2) is 11.6 Å². The summed E-state index contributed by atoms with van der Waals surface area (Å²) in [4.78, 5) is 0. The third-order valence-electron chi connectivity index (χ3n) is 1.92. The van der Waals surface area contributed by atoms with Crippen LogP contribution in [-0.2, 0) is 4.74 Å². The van der Waals surface area contributed by atoms with E-state index < -0.39 is 0 Å². The maximum absolute atomic E-state index is 5.13. The Morgan fingerprint density at radius 3 is 2.62 bits per heavy atom. The fourth-order valence-electron chi connectivity index (χ4n) is 1.22. The van der Waals surface area contributed by atoms with E-state index in [0.29, 0.717) is 6.04 Å². The molecular formula is C11H23NO. The first-order valence-corrected chi connectivity index (χ1v) is 5.06. The predicted molar refractivity (Wildman–Crippen MR) is 58.0 cm³/mol. The first kappa shape index (κ1) is 12.7. The van der Waals surface area contributed by atoms with Gasteiger partial charge in [-0.3, -0.25) is 0 Å². The molecule has 0 aliphatic carbocycles. The molecule has 0 radical (unpaired) electrons. The van der Waals surface area contributed by atoms with Crippen LogP contribution in [0.2, 0.25) is 0 Å². The number of rotatable bonds is 7. The average molecular weight is 185 g/mol. The van der Waals surface area contributed by atoms with Crippen molar-refractivity contribution >= 4 is 0 Å². The summed E-state index contributed by atoms with van der Waals surface area (Å²) < 4.78 is 5.13. The molecule has 0 saturated heterocycles. The third kappa shape index (κ3) is 8.00. The lowest BCUT2D eigenvalue weighted by atomic mass is 10.2. The molecule has 0 aromatic rings. The molecule has 0 aliphatic heterocycles. The van der Waals surface area contributed by atoms with Crippen LogP contribution in [0.3, 0.4) is 0 Å². The minimum absolute atomic E-state index is 0.505. The van der Waals surface area contributed by atoms with Crippen molar-refractivity contribution in [3.05, 3.63) is 11.6 Å². The minimum Gasteiger partial charge on any atom is -0.383 e. The van der Waals surface area contributed by atoms with Crippen molar-refractivity contribution in [2.75, 3.05) is 20.3 Å². The van der Waals surface area contributed by atoms with Crippen LogP contribution in [0, 0.1) is 0 Å². The Kier molecular flexibility index (Phi) is 8.05. The molecule has 0 aromatic carbocycles. The molecule has 0 heterocycles. The second kappa shape index (κ2) is 8.27. The van der Waals surface area contributed by atoms with Crippen LogP contribution in [0.25, 0.3) is 0 Å². The van der Waals surface area contributed by atoms with Crippen molar-refractivity contribution in [3.63, 3.8) is 0 Å². The Bertz CT molecular complexity index is 133. The molecule has 1 atom stereocenters. The van der Waals surface area contributed by atoms with E-state index in [1.165, 1.54) is 18.4 Å². The SMILES string of the molecule is CCCC(COC)NCC=C(C)C. The van der Waals surface area contributed by atoms with Gasteiger partial charge in [0, 0.05) is 19.7 Å². The largest absolute Gasteiger partial charge is 0.383 e. The quantitative estimate of drug-likeness (QED) is 0.615. The summed E-state index contributed by atoms with van der Waals surface area (Å²) in [5.74, 6) is 0. The fraction of sp³-hybridized carbons (Fsp3) is 0.818. The molecule has 13 heavy (non-hydrogen) atoms. The molecule has 0 amide bonds. The highest BCUT2D eigenvalue weighted by Crippen LogP contribution is 1.97. The van der Waals surface area contributed by atoms with E-state index >= 15 is 0 Å². The number of ether oxygens (including phenoxy) is 1. The zero-order valence-electron chi connectivity index (χ0n) is 9.39. The van der Waals surface area contributed by atoms with Crippen molar-refractivity contribution in [2.24, 2.45) is 0 Å². The van der Waals surface area contributed by atoms with Crippen LogP contribution in [0.4, 0.5) is 0 Å². The monoisotopic (exact) mass is 185 g/mol. The molecule has 0 fully saturated rings. The Labute approximate surface area is 82.4 Å². The zero-order chi connectivity index (χ0) is 10.1. The zero-order valence-corrected chi connectivity index (χ0v) is 9.39. The first-order valence-electron chi connectivity index (χ1n) is 5.06. The predicted octanol–water partition coefficient (Wildman–Crippen LogP) is 2.36. The van der Waals surface area contributed by atoms with E-state index in [0.717, 1.165) is 13.2 Å². The molecule has 0 bridgehead atoms. The lowest BCUT2D eigenvalue weighted by molar-refractivity contribution is 0.164. The molecule has 1 unspecified atom stereocenters. The van der Waals surface area contributed by atoms with Crippen LogP contribution in [-0.4, -0.2) is 26.3 Å². The molecule has 0 aliphatic rings. The number of hydrogen-bond acceptors (Lipinski definition) is 2. The van der Waals surface area contributed by atoms with Gasteiger partial charge in [-0.2, -0.15) is 0 Å². The van der Waals surface area contributed by atoms with Crippen molar-refractivity contribution in [1.82, 2.24) is 5.32 Å². The molecule has 0 saturated carbocycles. The van der Waals surface area contributed by atoms with E-state index in [9.17, 15) is 0 Å². The summed E-state index contributed by atoms with van der Waals surface area (Å²) in [6.45, 7) is 8.20. The van der Waals surface area contributed by atoms with Gasteiger partial charge in [0.15, 0.2) is 0 Å². The van der Waals surface area contributed by atoms with Crippen molar-refractivity contribution in [3.8, 4) is 0 Å². The van der Waals surface area contributed by atoms with Crippen molar-refractivity contribution < 1.29 is 4.74 Å². The summed E-state index contributed by atoms with van der Waals surface area (Å²) in [7, 11) is 1.76. The first-order chi connectivity index (χ1) is 6.20. The molecule has 0 aromatic heterocycles. The van der Waals surface area contributed by atoms with Gasteiger partial charge in [0.2, 0.25) is 0 Å². The van der Waals surface area contributed by atoms with Crippen LogP contribution >= 0.6 is 0 Å². The normalized spacial score (nSPS) is 12.6. The molecule has 2 nitrogen and oxygen atoms in total. The molecule has 1 N–H and O–H groups in total. The van der Waals surface area contributed by atoms with Crippen LogP contribution in [0.5, 0.6) is 0 Å². The topological polar surface area (TPSA) is 21.3 Å². The smallest absolute Gasteiger partial charge is 0.0615 e. The van der Waals surface area contributed by atoms with Gasteiger partial charge in [-0.15, -0.1) is 0 Å². The Morgan fingerprint density at radius 1 is 1.46 bits per heavy atom. The summed E-state index contributed by atoms with van der Waals surface area (Å²) in [5.41, 5.74) is 1.36. The van der Waals surface area contributed by atoms with Gasteiger partial charge >= 0.3 is 0 Å². The Hall–Kier alpha value is -0.340. The third-order valence-corrected chi connectivity index (χ3v) is 1.92. The summed E-state index contributed by atoms with van der Waals surface area (Å²) in [6.07, 6.45) is 4.60. The summed E-state index contributed by atoms with van der Waals surface area (Å²) in [5, 5.41) is 3.45. The Balaban J connectivity index is 3.61. The number of methoxy groups -OCH3 is 1. The Morgan fingerprint density at radius 2 is 2.15 bits per heavy atom. The second-order valence-electron chi connectivity index (χ2n) is 3.63. The lowest BCUT2D eigenvalue weighted by Gasteiger charge is -2.15. The highest BCUT2D eigenvalue weighted by atomic mass is 16.5. The van der Waals surface area contributed by atoms with Gasteiger partial charge in [0.25, 0.3) is 0 Å². The van der Waals surface area contributed by atoms with Gasteiger partial charge in [-0.05, 0) is 20.3 Å². The van der Waals surface area contributed by atoms with E-state index in [-0.39, 0.29) is 0 Å². The van der Waals surface area contributed by atoms with Gasteiger partial charge in [0.1, 0.15) is 0 Å². The lowest BCUT2D eigenvalue weighted by Crippen LogP contribution is -2.33. The highest BCUT2D eigenvalue weighted by molar-refractivity contribution is 4.94. The number of allylic oxidation sites excluding steroid dienone is 1. The van der Waals surface area contributed by atoms with Crippen molar-refractivity contribution in [1.29, 1.82) is 0 Å². The summed E-state index contributed by atoms with van der Waals surface area (Å²) in [6, 6.07) is 0.505. The molecule has 78 valence electrons. The average Bonchev–Trinajstić information content (AvgIpc) is 2.04. The minimum atomic E-state index is 0.505. The molecule has 0 spiro atoms. The highest BCUT2D eigenvalue weighted by Gasteiger charge is 2.04. The standard InChI is InChI=1S/C11H23NO/c1-5-6-11(9-13-4)12-8-7-10(2)3/h7,11-12H,5-6,8-9H2,1-4H3. The number of nitrogens with one attached hydrogen (secondary N) is 1. The summed E-state index contributed by atoms with van der Waals surface area (Å²) >= 11 is 0. The van der Waals surface area contributed by atoms with Crippen molar-refractivity contribution in [2.45, 2.75) is 39.7 Å². The van der Waals surface area contributed by atoms with E-state index in [2.05, 4.69) is 32.2 Å². The molecule has 2 heteroatoms. The van der Waals surface area contributed by atoms with Gasteiger partial charge in [-0.1, -0.05) is 25.0 Å². The maximum atomic E-state index is 5.13. The molecular weight excluding hydrogens is 162 g/mol. The fourth-order valence-corrected chi connectivity index (χ4v) is 1.22. The second-order valence-corrected chi connectivity index (χ2v) is 3.63. The van der Waals surface area contributed by atoms with Crippen LogP contribution < -0.4 is 5.32 Å². The molecule has 0 rings (SSSR count). The van der Waals surface area contributed by atoms with Gasteiger partial charge in [0.05, 0.1) is 6.61 Å². The van der Waals surface area contributed by atoms with Gasteiger partial charge < -0.3 is 10.1 Å². The maximum Gasteiger partial charge on any atom is 0.0615 e. The van der Waals surface area contributed by atoms with Crippen LogP contribution in [0.1, 0.15) is 33.6 Å².